The van der Waals surface area contributed by atoms with Gasteiger partial charge in [0.05, 0.1) is 0 Å². The lowest BCUT2D eigenvalue weighted by molar-refractivity contribution is 0.481. The van der Waals surface area contributed by atoms with Crippen molar-refractivity contribution in [3.63, 3.8) is 0 Å². The van der Waals surface area contributed by atoms with Gasteiger partial charge in [-0.1, -0.05) is 55.8 Å². The normalized spacial score (nSPS) is 10.8. The van der Waals surface area contributed by atoms with Gasteiger partial charge in [0.15, 0.2) is 5.75 Å². The van der Waals surface area contributed by atoms with Crippen LogP contribution in [0.2, 0.25) is 5.15 Å². The SMILES string of the molecule is CC(C)c1ccc(Oc2ccnc(Cl)c2)c(-c2ccccc2)n1. The second-order valence-electron chi connectivity index (χ2n) is 5.52. The van der Waals surface area contributed by atoms with E-state index in [0.29, 0.717) is 22.6 Å². The largest absolute Gasteiger partial charge is 0.455 e. The zero-order chi connectivity index (χ0) is 16.2. The predicted molar refractivity (Wildman–Crippen MR) is 93.1 cm³/mol. The van der Waals surface area contributed by atoms with Gasteiger partial charge >= 0.3 is 0 Å². The maximum atomic E-state index is 5.99. The van der Waals surface area contributed by atoms with Gasteiger partial charge in [0.2, 0.25) is 0 Å². The molecule has 0 saturated heterocycles. The van der Waals surface area contributed by atoms with E-state index in [-0.39, 0.29) is 0 Å². The van der Waals surface area contributed by atoms with Crippen LogP contribution in [0.1, 0.15) is 25.5 Å². The van der Waals surface area contributed by atoms with Crippen LogP contribution in [0.4, 0.5) is 0 Å². The van der Waals surface area contributed by atoms with Crippen LogP contribution in [0, 0.1) is 0 Å². The number of halogens is 1. The van der Waals surface area contributed by atoms with E-state index in [1.807, 2.05) is 42.5 Å². The van der Waals surface area contributed by atoms with Crippen LogP contribution in [-0.4, -0.2) is 9.97 Å². The van der Waals surface area contributed by atoms with Crippen molar-refractivity contribution in [2.24, 2.45) is 0 Å². The summed E-state index contributed by atoms with van der Waals surface area (Å²) in [7, 11) is 0. The molecule has 2 aromatic heterocycles. The Balaban J connectivity index is 2.05. The highest BCUT2D eigenvalue weighted by atomic mass is 35.5. The highest BCUT2D eigenvalue weighted by molar-refractivity contribution is 6.29. The molecule has 1 aromatic carbocycles. The van der Waals surface area contributed by atoms with Crippen molar-refractivity contribution in [2.45, 2.75) is 19.8 Å². The molecule has 2 heterocycles. The molecule has 116 valence electrons. The number of pyridine rings is 2. The molecule has 0 aliphatic rings. The molecular weight excluding hydrogens is 308 g/mol. The summed E-state index contributed by atoms with van der Waals surface area (Å²) in [6.07, 6.45) is 1.62. The summed E-state index contributed by atoms with van der Waals surface area (Å²) in [5.74, 6) is 1.69. The summed E-state index contributed by atoms with van der Waals surface area (Å²) in [6, 6.07) is 17.4. The van der Waals surface area contributed by atoms with E-state index in [4.69, 9.17) is 21.3 Å². The van der Waals surface area contributed by atoms with Crippen molar-refractivity contribution >= 4 is 11.6 Å². The van der Waals surface area contributed by atoms with Crippen molar-refractivity contribution in [3.05, 3.63) is 71.6 Å². The van der Waals surface area contributed by atoms with Crippen molar-refractivity contribution in [3.8, 4) is 22.8 Å². The molecule has 3 nitrogen and oxygen atoms in total. The van der Waals surface area contributed by atoms with Gasteiger partial charge in [-0.25, -0.2) is 9.97 Å². The monoisotopic (exact) mass is 324 g/mol. The van der Waals surface area contributed by atoms with Crippen LogP contribution >= 0.6 is 11.6 Å². The molecule has 3 aromatic rings. The second kappa shape index (κ2) is 6.80. The zero-order valence-corrected chi connectivity index (χ0v) is 13.8. The predicted octanol–water partition coefficient (Wildman–Crippen LogP) is 5.71. The van der Waals surface area contributed by atoms with Gasteiger partial charge in [0, 0.05) is 23.5 Å². The van der Waals surface area contributed by atoms with E-state index in [0.717, 1.165) is 17.0 Å². The number of hydrogen-bond acceptors (Lipinski definition) is 3. The number of aromatic nitrogens is 2. The summed E-state index contributed by atoms with van der Waals surface area (Å²) < 4.78 is 5.99. The molecule has 0 amide bonds. The van der Waals surface area contributed by atoms with Gasteiger partial charge in [-0.05, 0) is 24.1 Å². The molecule has 3 rings (SSSR count). The van der Waals surface area contributed by atoms with E-state index >= 15 is 0 Å². The van der Waals surface area contributed by atoms with Gasteiger partial charge in [-0.15, -0.1) is 0 Å². The molecule has 0 spiro atoms. The Morgan fingerprint density at radius 2 is 1.78 bits per heavy atom. The molecule has 0 unspecified atom stereocenters. The van der Waals surface area contributed by atoms with Crippen LogP contribution in [-0.2, 0) is 0 Å². The Bertz CT molecular complexity index is 803. The molecule has 0 radical (unpaired) electrons. The molecular formula is C19H17ClN2O. The van der Waals surface area contributed by atoms with Gasteiger partial charge in [-0.2, -0.15) is 0 Å². The van der Waals surface area contributed by atoms with Gasteiger partial charge in [-0.3, -0.25) is 0 Å². The van der Waals surface area contributed by atoms with Crippen LogP contribution in [0.3, 0.4) is 0 Å². The quantitative estimate of drug-likeness (QED) is 0.576. The Labute approximate surface area is 140 Å². The first-order chi connectivity index (χ1) is 11.1. The molecule has 0 aliphatic heterocycles. The van der Waals surface area contributed by atoms with Crippen molar-refractivity contribution in [1.82, 2.24) is 9.97 Å². The first-order valence-electron chi connectivity index (χ1n) is 7.49. The second-order valence-corrected chi connectivity index (χ2v) is 5.91. The zero-order valence-electron chi connectivity index (χ0n) is 13.0. The van der Waals surface area contributed by atoms with E-state index in [9.17, 15) is 0 Å². The number of benzene rings is 1. The topological polar surface area (TPSA) is 35.0 Å². The molecule has 0 fully saturated rings. The summed E-state index contributed by atoms with van der Waals surface area (Å²) in [6.45, 7) is 4.25. The van der Waals surface area contributed by atoms with E-state index < -0.39 is 0 Å². The summed E-state index contributed by atoms with van der Waals surface area (Å²) in [5.41, 5.74) is 2.87. The molecule has 0 atom stereocenters. The van der Waals surface area contributed by atoms with E-state index in [2.05, 4.69) is 18.8 Å². The minimum Gasteiger partial charge on any atom is -0.455 e. The minimum absolute atomic E-state index is 0.349. The van der Waals surface area contributed by atoms with E-state index in [1.54, 1.807) is 18.3 Å². The lowest BCUT2D eigenvalue weighted by Crippen LogP contribution is -1.98. The summed E-state index contributed by atoms with van der Waals surface area (Å²) >= 11 is 5.93. The number of ether oxygens (including phenoxy) is 1. The molecule has 0 bridgehead atoms. The molecule has 23 heavy (non-hydrogen) atoms. The summed E-state index contributed by atoms with van der Waals surface area (Å²) in [4.78, 5) is 8.76. The third-order valence-corrected chi connectivity index (χ3v) is 3.65. The highest BCUT2D eigenvalue weighted by Crippen LogP contribution is 2.33. The maximum Gasteiger partial charge on any atom is 0.153 e. The Hall–Kier alpha value is -2.39. The fourth-order valence-corrected chi connectivity index (χ4v) is 2.41. The van der Waals surface area contributed by atoms with Crippen molar-refractivity contribution < 1.29 is 4.74 Å². The Morgan fingerprint density at radius 3 is 2.48 bits per heavy atom. The summed E-state index contributed by atoms with van der Waals surface area (Å²) in [5, 5.41) is 0.399. The Morgan fingerprint density at radius 1 is 1.00 bits per heavy atom. The first-order valence-corrected chi connectivity index (χ1v) is 7.87. The fourth-order valence-electron chi connectivity index (χ4n) is 2.24. The lowest BCUT2D eigenvalue weighted by atomic mass is 10.1. The fraction of sp³-hybridized carbons (Fsp3) is 0.158. The van der Waals surface area contributed by atoms with Crippen LogP contribution in [0.5, 0.6) is 11.5 Å². The van der Waals surface area contributed by atoms with Gasteiger partial charge in [0.25, 0.3) is 0 Å². The highest BCUT2D eigenvalue weighted by Gasteiger charge is 2.12. The third-order valence-electron chi connectivity index (χ3n) is 3.44. The molecule has 0 N–H and O–H groups in total. The van der Waals surface area contributed by atoms with Gasteiger partial charge < -0.3 is 4.74 Å². The first kappa shape index (κ1) is 15.5. The molecule has 4 heteroatoms. The third kappa shape index (κ3) is 3.69. The van der Waals surface area contributed by atoms with Crippen molar-refractivity contribution in [2.75, 3.05) is 0 Å². The average molecular weight is 325 g/mol. The molecule has 0 aliphatic carbocycles. The van der Waals surface area contributed by atoms with Crippen molar-refractivity contribution in [1.29, 1.82) is 0 Å². The van der Waals surface area contributed by atoms with Crippen LogP contribution in [0.25, 0.3) is 11.3 Å². The Kier molecular flexibility index (Phi) is 4.58. The lowest BCUT2D eigenvalue weighted by Gasteiger charge is -2.14. The maximum absolute atomic E-state index is 5.99. The minimum atomic E-state index is 0.349. The standard InChI is InChI=1S/C19H17ClN2O/c1-13(2)16-8-9-17(23-15-10-11-21-18(20)12-15)19(22-16)14-6-4-3-5-7-14/h3-13H,1-2H3. The smallest absolute Gasteiger partial charge is 0.153 e. The number of hydrogen-bond donors (Lipinski definition) is 0. The molecule has 0 saturated carbocycles. The van der Waals surface area contributed by atoms with Gasteiger partial charge in [0.1, 0.15) is 16.6 Å². The number of nitrogens with zero attached hydrogens (tertiary/aromatic N) is 2. The number of rotatable bonds is 4. The average Bonchev–Trinajstić information content (AvgIpc) is 2.56. The van der Waals surface area contributed by atoms with Crippen LogP contribution < -0.4 is 4.74 Å². The van der Waals surface area contributed by atoms with Crippen LogP contribution in [0.15, 0.2) is 60.8 Å². The van der Waals surface area contributed by atoms with E-state index in [1.165, 1.54) is 0 Å².